The fourth-order valence-electron chi connectivity index (χ4n) is 2.93. The van der Waals surface area contributed by atoms with Gasteiger partial charge < -0.3 is 20.5 Å². The smallest absolute Gasteiger partial charge is 0.341 e. The molecule has 3 rings (SSSR count). The summed E-state index contributed by atoms with van der Waals surface area (Å²) in [6.45, 7) is 3.42. The lowest BCUT2D eigenvalue weighted by atomic mass is 10.1. The highest BCUT2D eigenvalue weighted by Crippen LogP contribution is 2.34. The maximum Gasteiger partial charge on any atom is 0.341 e. The number of nitrogens with one attached hydrogen (secondary N) is 1. The van der Waals surface area contributed by atoms with Crippen LogP contribution in [0.25, 0.3) is 0 Å². The van der Waals surface area contributed by atoms with Crippen molar-refractivity contribution in [2.45, 2.75) is 27.0 Å². The molecule has 3 aromatic rings. The van der Waals surface area contributed by atoms with Crippen LogP contribution >= 0.6 is 22.9 Å². The van der Waals surface area contributed by atoms with Crippen molar-refractivity contribution in [3.05, 3.63) is 67.3 Å². The highest BCUT2D eigenvalue weighted by Gasteiger charge is 2.26. The minimum absolute atomic E-state index is 0.00273. The molecule has 0 aliphatic heterocycles. The normalized spacial score (nSPS) is 10.6. The molecule has 0 radical (unpaired) electrons. The van der Waals surface area contributed by atoms with Crippen LogP contribution in [0.4, 0.5) is 10.7 Å². The van der Waals surface area contributed by atoms with Gasteiger partial charge in [0.05, 0.1) is 27.0 Å². The van der Waals surface area contributed by atoms with Crippen molar-refractivity contribution in [3.63, 3.8) is 0 Å². The van der Waals surface area contributed by atoms with E-state index in [0.717, 1.165) is 17.4 Å². The predicted octanol–water partition coefficient (Wildman–Crippen LogP) is 3.77. The minimum Gasteiger partial charge on any atom is -0.470 e. The number of benzene rings is 1. The first-order chi connectivity index (χ1) is 16.6. The van der Waals surface area contributed by atoms with Crippen LogP contribution in [0.15, 0.2) is 30.5 Å². The second-order valence-electron chi connectivity index (χ2n) is 7.10. The molecule has 12 nitrogen and oxygen atoms in total. The van der Waals surface area contributed by atoms with Gasteiger partial charge in [0.1, 0.15) is 10.8 Å². The number of hydrogen-bond acceptors (Lipinski definition) is 9. The average Bonchev–Trinajstić information content (AvgIpc) is 3.41. The number of amides is 2. The topological polar surface area (TPSA) is 169 Å². The molecule has 0 bridgehead atoms. The summed E-state index contributed by atoms with van der Waals surface area (Å²) in [6, 6.07) is 5.17. The maximum absolute atomic E-state index is 12.8. The van der Waals surface area contributed by atoms with E-state index < -0.39 is 22.7 Å². The van der Waals surface area contributed by atoms with Gasteiger partial charge in [0.15, 0.2) is 12.4 Å². The summed E-state index contributed by atoms with van der Waals surface area (Å²) in [5, 5.41) is 17.7. The third-order valence-electron chi connectivity index (χ3n) is 4.59. The Morgan fingerprint density at radius 1 is 1.31 bits per heavy atom. The van der Waals surface area contributed by atoms with Crippen molar-refractivity contribution in [1.29, 1.82) is 0 Å². The Morgan fingerprint density at radius 3 is 2.69 bits per heavy atom. The molecule has 35 heavy (non-hydrogen) atoms. The van der Waals surface area contributed by atoms with E-state index in [9.17, 15) is 24.5 Å². The lowest BCUT2D eigenvalue weighted by molar-refractivity contribution is -0.384. The van der Waals surface area contributed by atoms with Gasteiger partial charge in [-0.05, 0) is 31.0 Å². The van der Waals surface area contributed by atoms with Crippen LogP contribution in [-0.4, -0.2) is 39.1 Å². The molecule has 2 heterocycles. The molecule has 1 aromatic carbocycles. The first-order valence-electron chi connectivity index (χ1n) is 10.1. The van der Waals surface area contributed by atoms with Crippen molar-refractivity contribution in [2.24, 2.45) is 5.73 Å². The standard InChI is InChI=1S/C21H20ClN5O7S/c1-3-8-33-21(30)16-11(2)17(18(23)28)35-20(16)24-19(29)14-6-7-26(25-14)10-34-15-5-4-12(27(31)32)9-13(15)22/h4-7,9H,3,8,10H2,1-2H3,(H2,23,28)(H,24,29). The van der Waals surface area contributed by atoms with Gasteiger partial charge in [-0.2, -0.15) is 5.10 Å². The molecule has 0 aliphatic rings. The van der Waals surface area contributed by atoms with Gasteiger partial charge >= 0.3 is 5.97 Å². The third-order valence-corrected chi connectivity index (χ3v) is 6.11. The number of primary amides is 1. The van der Waals surface area contributed by atoms with E-state index in [4.69, 9.17) is 26.8 Å². The van der Waals surface area contributed by atoms with Crippen LogP contribution in [0.5, 0.6) is 5.75 Å². The van der Waals surface area contributed by atoms with Crippen LogP contribution < -0.4 is 15.8 Å². The fourth-order valence-corrected chi connectivity index (χ4v) is 4.20. The number of carbonyl (C=O) groups excluding carboxylic acids is 3. The molecule has 184 valence electrons. The van der Waals surface area contributed by atoms with Gasteiger partial charge in [0, 0.05) is 18.3 Å². The van der Waals surface area contributed by atoms with Crippen LogP contribution in [0.3, 0.4) is 0 Å². The lowest BCUT2D eigenvalue weighted by Crippen LogP contribution is -2.16. The summed E-state index contributed by atoms with van der Waals surface area (Å²) >= 11 is 6.87. The third kappa shape index (κ3) is 5.94. The molecule has 2 aromatic heterocycles. The summed E-state index contributed by atoms with van der Waals surface area (Å²) in [4.78, 5) is 47.4. The Balaban J connectivity index is 1.73. The lowest BCUT2D eigenvalue weighted by Gasteiger charge is -2.08. The average molecular weight is 522 g/mol. The highest BCUT2D eigenvalue weighted by molar-refractivity contribution is 7.18. The molecular weight excluding hydrogens is 502 g/mol. The molecule has 2 amide bonds. The van der Waals surface area contributed by atoms with Crippen molar-refractivity contribution >= 4 is 51.4 Å². The van der Waals surface area contributed by atoms with Crippen LogP contribution in [0, 0.1) is 17.0 Å². The Labute approximate surface area is 207 Å². The Bertz CT molecular complexity index is 1300. The second-order valence-corrected chi connectivity index (χ2v) is 8.53. The van der Waals surface area contributed by atoms with Gasteiger partial charge in [-0.15, -0.1) is 11.3 Å². The monoisotopic (exact) mass is 521 g/mol. The van der Waals surface area contributed by atoms with E-state index in [-0.39, 0.29) is 50.9 Å². The summed E-state index contributed by atoms with van der Waals surface area (Å²) < 4.78 is 12.0. The number of esters is 1. The van der Waals surface area contributed by atoms with Gasteiger partial charge in [-0.1, -0.05) is 18.5 Å². The van der Waals surface area contributed by atoms with Gasteiger partial charge in [-0.25, -0.2) is 9.48 Å². The maximum atomic E-state index is 12.8. The number of aromatic nitrogens is 2. The molecular formula is C21H20ClN5O7S. The summed E-state index contributed by atoms with van der Waals surface area (Å²) in [7, 11) is 0. The van der Waals surface area contributed by atoms with Crippen molar-refractivity contribution < 1.29 is 28.8 Å². The zero-order valence-electron chi connectivity index (χ0n) is 18.6. The number of ether oxygens (including phenoxy) is 2. The van der Waals surface area contributed by atoms with E-state index in [1.807, 2.05) is 6.92 Å². The van der Waals surface area contributed by atoms with E-state index in [1.54, 1.807) is 6.92 Å². The Kier molecular flexibility index (Phi) is 8.04. The zero-order chi connectivity index (χ0) is 25.7. The Hall–Kier alpha value is -3.97. The molecule has 0 fully saturated rings. The van der Waals surface area contributed by atoms with E-state index in [1.165, 1.54) is 29.1 Å². The fraction of sp³-hybridized carbons (Fsp3) is 0.238. The van der Waals surface area contributed by atoms with Crippen LogP contribution in [-0.2, 0) is 11.5 Å². The first-order valence-corrected chi connectivity index (χ1v) is 11.3. The first kappa shape index (κ1) is 25.6. The summed E-state index contributed by atoms with van der Waals surface area (Å²) in [6.07, 6.45) is 2.07. The number of nitro benzene ring substituents is 1. The Morgan fingerprint density at radius 2 is 2.06 bits per heavy atom. The summed E-state index contributed by atoms with van der Waals surface area (Å²) in [5.74, 6) is -1.85. The molecule has 0 spiro atoms. The largest absolute Gasteiger partial charge is 0.470 e. The van der Waals surface area contributed by atoms with Crippen molar-refractivity contribution in [1.82, 2.24) is 9.78 Å². The number of nitrogens with two attached hydrogens (primary N) is 1. The predicted molar refractivity (Wildman–Crippen MR) is 127 cm³/mol. The number of non-ortho nitro benzene ring substituents is 1. The van der Waals surface area contributed by atoms with Crippen LogP contribution in [0.1, 0.15) is 49.4 Å². The molecule has 0 aliphatic carbocycles. The second kappa shape index (κ2) is 11.0. The SMILES string of the molecule is CCCOC(=O)c1c(NC(=O)c2ccn(COc3ccc([N+](=O)[O-])cc3Cl)n2)sc(C(N)=O)c1C. The van der Waals surface area contributed by atoms with Gasteiger partial charge in [-0.3, -0.25) is 19.7 Å². The highest BCUT2D eigenvalue weighted by atomic mass is 35.5. The number of nitrogens with zero attached hydrogens (tertiary/aromatic N) is 3. The zero-order valence-corrected chi connectivity index (χ0v) is 20.1. The molecule has 0 saturated carbocycles. The number of halogens is 1. The number of anilines is 1. The quantitative estimate of drug-likeness (QED) is 0.231. The van der Waals surface area contributed by atoms with Gasteiger partial charge in [0.25, 0.3) is 17.5 Å². The van der Waals surface area contributed by atoms with Gasteiger partial charge in [0.2, 0.25) is 0 Å². The number of carbonyl (C=O) groups is 3. The number of rotatable bonds is 10. The molecule has 0 saturated heterocycles. The molecule has 3 N–H and O–H groups in total. The summed E-state index contributed by atoms with van der Waals surface area (Å²) in [5.41, 5.74) is 5.59. The number of hydrogen-bond donors (Lipinski definition) is 2. The minimum atomic E-state index is -0.733. The number of nitro groups is 1. The van der Waals surface area contributed by atoms with Crippen molar-refractivity contribution in [3.8, 4) is 5.75 Å². The molecule has 0 atom stereocenters. The number of thiophene rings is 1. The van der Waals surface area contributed by atoms with Crippen LogP contribution in [0.2, 0.25) is 5.02 Å². The van der Waals surface area contributed by atoms with Crippen molar-refractivity contribution in [2.75, 3.05) is 11.9 Å². The molecule has 0 unspecified atom stereocenters. The van der Waals surface area contributed by atoms with E-state index in [2.05, 4.69) is 10.4 Å². The molecule has 14 heteroatoms. The van der Waals surface area contributed by atoms with E-state index in [0.29, 0.717) is 12.0 Å². The van der Waals surface area contributed by atoms with E-state index >= 15 is 0 Å².